The number of hydrogen-bond acceptors (Lipinski definition) is 4. The largest absolute Gasteiger partial charge is 0.467 e. The molecule has 2 aromatic rings. The second-order valence-electron chi connectivity index (χ2n) is 8.81. The van der Waals surface area contributed by atoms with Crippen LogP contribution in [0.2, 0.25) is 16.6 Å². The maximum Gasteiger partial charge on any atom is 0.259 e. The zero-order valence-electron chi connectivity index (χ0n) is 19.9. The van der Waals surface area contributed by atoms with Gasteiger partial charge in [0, 0.05) is 12.8 Å². The van der Waals surface area contributed by atoms with Crippen LogP contribution in [0.5, 0.6) is 5.75 Å². The smallest absolute Gasteiger partial charge is 0.259 e. The average Bonchev–Trinajstić information content (AvgIpc) is 2.73. The third-order valence-electron chi connectivity index (χ3n) is 5.85. The predicted octanol–water partition coefficient (Wildman–Crippen LogP) is 6.61. The number of ether oxygens (including phenoxy) is 2. The molecule has 0 saturated heterocycles. The van der Waals surface area contributed by atoms with Crippen LogP contribution in [0.25, 0.3) is 0 Å². The van der Waals surface area contributed by atoms with E-state index in [2.05, 4.69) is 46.9 Å². The Bertz CT molecular complexity index is 815. The fraction of sp³-hybridized carbons (Fsp3) is 0.480. The lowest BCUT2D eigenvalue weighted by atomic mass is 10.1. The summed E-state index contributed by atoms with van der Waals surface area (Å²) in [6, 6.07) is 15.0. The first-order chi connectivity index (χ1) is 14.7. The molecule has 2 aromatic carbocycles. The minimum Gasteiger partial charge on any atom is -0.467 e. The molecule has 0 aromatic heterocycles. The van der Waals surface area contributed by atoms with Crippen LogP contribution in [-0.4, -0.2) is 28.1 Å². The molecule has 1 N–H and O–H groups in total. The van der Waals surface area contributed by atoms with Crippen molar-refractivity contribution in [2.45, 2.75) is 64.8 Å². The summed E-state index contributed by atoms with van der Waals surface area (Å²) >= 11 is 0. The number of amides is 1. The van der Waals surface area contributed by atoms with Gasteiger partial charge in [0.25, 0.3) is 5.91 Å². The zero-order valence-corrected chi connectivity index (χ0v) is 20.9. The molecule has 0 fully saturated rings. The van der Waals surface area contributed by atoms with E-state index in [1.54, 1.807) is 7.11 Å². The quantitative estimate of drug-likeness (QED) is 0.313. The number of rotatable bonds is 11. The Kier molecular flexibility index (Phi) is 9.28. The molecular weight excluding hydrogens is 406 g/mol. The Morgan fingerprint density at radius 2 is 1.55 bits per heavy atom. The second kappa shape index (κ2) is 11.5. The van der Waals surface area contributed by atoms with Crippen molar-refractivity contribution >= 4 is 19.9 Å². The maximum atomic E-state index is 13.0. The normalized spacial score (nSPS) is 11.9. The van der Waals surface area contributed by atoms with Crippen LogP contribution in [-0.2, 0) is 15.8 Å². The number of methoxy groups -OCH3 is 1. The Morgan fingerprint density at radius 3 is 2.10 bits per heavy atom. The van der Waals surface area contributed by atoms with E-state index in [-0.39, 0.29) is 12.7 Å². The van der Waals surface area contributed by atoms with Crippen LogP contribution in [0.4, 0.5) is 5.69 Å². The summed E-state index contributed by atoms with van der Waals surface area (Å²) in [7, 11) is -0.447. The van der Waals surface area contributed by atoms with Crippen molar-refractivity contribution in [1.29, 1.82) is 0 Å². The van der Waals surface area contributed by atoms with Crippen LogP contribution >= 0.6 is 0 Å². The molecule has 0 unspecified atom stereocenters. The molecule has 0 radical (unpaired) electrons. The third kappa shape index (κ3) is 6.18. The molecule has 31 heavy (non-hydrogen) atoms. The zero-order chi connectivity index (χ0) is 23.0. The van der Waals surface area contributed by atoms with Crippen molar-refractivity contribution in [1.82, 2.24) is 0 Å². The topological polar surface area (TPSA) is 56.8 Å². The van der Waals surface area contributed by atoms with E-state index in [1.807, 2.05) is 48.5 Å². The number of hydrogen-bond donors (Lipinski definition) is 1. The number of nitrogens with one attached hydrogen (secondary N) is 1. The Labute approximate surface area is 188 Å². The molecule has 0 aliphatic rings. The van der Waals surface area contributed by atoms with Gasteiger partial charge in [0.15, 0.2) is 6.79 Å². The SMILES string of the molecule is COCOc1ccc(CO[Si](C(C)C)(C(C)C)C(C)C)cc1C(=O)Nc1ccccc1. The van der Waals surface area contributed by atoms with Crippen LogP contribution in [0.15, 0.2) is 48.5 Å². The summed E-state index contributed by atoms with van der Waals surface area (Å²) in [5.74, 6) is 0.262. The molecule has 5 nitrogen and oxygen atoms in total. The molecule has 2 rings (SSSR count). The Balaban J connectivity index is 2.30. The predicted molar refractivity (Wildman–Crippen MR) is 129 cm³/mol. The summed E-state index contributed by atoms with van der Waals surface area (Å²) in [4.78, 5) is 13.0. The highest BCUT2D eigenvalue weighted by atomic mass is 28.4. The summed E-state index contributed by atoms with van der Waals surface area (Å²) in [6.07, 6.45) is 0. The molecule has 0 atom stereocenters. The van der Waals surface area contributed by atoms with Crippen LogP contribution in [0.1, 0.15) is 57.5 Å². The highest BCUT2D eigenvalue weighted by Crippen LogP contribution is 2.42. The lowest BCUT2D eigenvalue weighted by Gasteiger charge is -2.42. The third-order valence-corrected chi connectivity index (χ3v) is 11.9. The van der Waals surface area contributed by atoms with Crippen LogP contribution in [0.3, 0.4) is 0 Å². The molecule has 6 heteroatoms. The van der Waals surface area contributed by atoms with Crippen molar-refractivity contribution in [2.75, 3.05) is 19.2 Å². The van der Waals surface area contributed by atoms with E-state index in [4.69, 9.17) is 13.9 Å². The van der Waals surface area contributed by atoms with Gasteiger partial charge < -0.3 is 19.2 Å². The van der Waals surface area contributed by atoms with Crippen molar-refractivity contribution < 1.29 is 18.7 Å². The average molecular weight is 444 g/mol. The van der Waals surface area contributed by atoms with Gasteiger partial charge in [0.05, 0.1) is 12.2 Å². The fourth-order valence-electron chi connectivity index (χ4n) is 4.52. The van der Waals surface area contributed by atoms with E-state index < -0.39 is 8.32 Å². The minimum atomic E-state index is -2.00. The van der Waals surface area contributed by atoms with Gasteiger partial charge >= 0.3 is 0 Å². The van der Waals surface area contributed by atoms with E-state index in [1.165, 1.54) is 0 Å². The van der Waals surface area contributed by atoms with Gasteiger partial charge in [-0.3, -0.25) is 4.79 Å². The summed E-state index contributed by atoms with van der Waals surface area (Å²) in [5, 5.41) is 2.94. The molecule has 0 aliphatic heterocycles. The molecular formula is C25H37NO4Si. The van der Waals surface area contributed by atoms with Gasteiger partial charge in [0.1, 0.15) is 5.75 Å². The standard InChI is InChI=1S/C25H37NO4Si/c1-18(2)31(19(3)4,20(5)6)30-16-21-13-14-24(29-17-28-7)23(15-21)25(27)26-22-11-9-8-10-12-22/h8-15,18-20H,16-17H2,1-7H3,(H,26,27). The van der Waals surface area contributed by atoms with Gasteiger partial charge in [-0.05, 0) is 46.5 Å². The first kappa shape index (κ1) is 25.1. The fourth-order valence-corrected chi connectivity index (χ4v) is 9.94. The Morgan fingerprint density at radius 1 is 0.935 bits per heavy atom. The van der Waals surface area contributed by atoms with E-state index in [9.17, 15) is 4.79 Å². The lowest BCUT2D eigenvalue weighted by molar-refractivity contribution is 0.0503. The summed E-state index contributed by atoms with van der Waals surface area (Å²) in [5.41, 5.74) is 3.65. The highest BCUT2D eigenvalue weighted by molar-refractivity contribution is 6.77. The molecule has 0 spiro atoms. The number of benzene rings is 2. The van der Waals surface area contributed by atoms with Gasteiger partial charge in [0.2, 0.25) is 8.32 Å². The highest BCUT2D eigenvalue weighted by Gasteiger charge is 2.45. The molecule has 0 heterocycles. The van der Waals surface area contributed by atoms with E-state index in [0.29, 0.717) is 34.5 Å². The molecule has 170 valence electrons. The van der Waals surface area contributed by atoms with Crippen molar-refractivity contribution in [3.63, 3.8) is 0 Å². The number of carbonyl (C=O) groups is 1. The van der Waals surface area contributed by atoms with E-state index >= 15 is 0 Å². The van der Waals surface area contributed by atoms with E-state index in [0.717, 1.165) is 11.3 Å². The van der Waals surface area contributed by atoms with Crippen molar-refractivity contribution in [3.8, 4) is 5.75 Å². The van der Waals surface area contributed by atoms with Gasteiger partial charge in [-0.1, -0.05) is 65.8 Å². The van der Waals surface area contributed by atoms with Gasteiger partial charge in [-0.15, -0.1) is 0 Å². The minimum absolute atomic E-state index is 0.0749. The maximum absolute atomic E-state index is 13.0. The summed E-state index contributed by atoms with van der Waals surface area (Å²) < 4.78 is 17.4. The summed E-state index contributed by atoms with van der Waals surface area (Å²) in [6.45, 7) is 14.2. The molecule has 1 amide bonds. The van der Waals surface area contributed by atoms with Crippen LogP contribution in [0, 0.1) is 0 Å². The first-order valence-electron chi connectivity index (χ1n) is 11.0. The van der Waals surface area contributed by atoms with Crippen LogP contribution < -0.4 is 10.1 Å². The van der Waals surface area contributed by atoms with Crippen molar-refractivity contribution in [2.24, 2.45) is 0 Å². The monoisotopic (exact) mass is 443 g/mol. The molecule has 0 aliphatic carbocycles. The molecule has 0 bridgehead atoms. The molecule has 0 saturated carbocycles. The van der Waals surface area contributed by atoms with Gasteiger partial charge in [-0.25, -0.2) is 0 Å². The Hall–Kier alpha value is -2.15. The van der Waals surface area contributed by atoms with Gasteiger partial charge in [-0.2, -0.15) is 0 Å². The van der Waals surface area contributed by atoms with Crippen molar-refractivity contribution in [3.05, 3.63) is 59.7 Å². The number of carbonyl (C=O) groups excluding carboxylic acids is 1. The number of anilines is 1. The first-order valence-corrected chi connectivity index (χ1v) is 13.1. The number of para-hydroxylation sites is 1. The second-order valence-corrected chi connectivity index (χ2v) is 14.3. The lowest BCUT2D eigenvalue weighted by Crippen LogP contribution is -2.47.